The molecule has 0 saturated carbocycles. The van der Waals surface area contributed by atoms with Gasteiger partial charge in [-0.1, -0.05) is 84.5 Å². The lowest BCUT2D eigenvalue weighted by atomic mass is 10.0. The molecule has 0 spiro atoms. The highest BCUT2D eigenvalue weighted by molar-refractivity contribution is 7.47. The molecule has 9 heteroatoms. The number of carbonyl (C=O) groups excluding carboxylic acids is 1. The summed E-state index contributed by atoms with van der Waals surface area (Å²) in [5, 5.41) is 13.5. The minimum Gasteiger partial charge on any atom is -0.391 e. The largest absolute Gasteiger partial charge is 0.472 e. The van der Waals surface area contributed by atoms with Crippen molar-refractivity contribution in [2.45, 2.75) is 116 Å². The van der Waals surface area contributed by atoms with Crippen molar-refractivity contribution >= 4 is 13.7 Å². The van der Waals surface area contributed by atoms with Gasteiger partial charge in [-0.15, -0.1) is 0 Å². The molecule has 0 aromatic carbocycles. The minimum atomic E-state index is -4.27. The molecular formula is C25H54N2O6P+. The predicted molar refractivity (Wildman–Crippen MR) is 139 cm³/mol. The molecule has 0 aromatic rings. The van der Waals surface area contributed by atoms with E-state index in [9.17, 15) is 19.4 Å². The Kier molecular flexibility index (Phi) is 19.4. The Balaban J connectivity index is 4.63. The van der Waals surface area contributed by atoms with Crippen LogP contribution >= 0.6 is 7.82 Å². The van der Waals surface area contributed by atoms with E-state index < -0.39 is 20.0 Å². The molecule has 0 aliphatic rings. The SMILES string of the molecule is CCCCCCCCCC(=O)NC(COP(=O)(O)OCC[N+](C)(C)C)C(O)CCCCCCC. The number of carbonyl (C=O) groups is 1. The Hall–Kier alpha value is -0.500. The molecule has 8 nitrogen and oxygen atoms in total. The summed E-state index contributed by atoms with van der Waals surface area (Å²) >= 11 is 0. The lowest BCUT2D eigenvalue weighted by Crippen LogP contribution is -2.46. The van der Waals surface area contributed by atoms with Gasteiger partial charge in [0.2, 0.25) is 5.91 Å². The molecule has 0 heterocycles. The van der Waals surface area contributed by atoms with Crippen molar-refractivity contribution in [3.8, 4) is 0 Å². The molecule has 3 unspecified atom stereocenters. The number of hydrogen-bond acceptors (Lipinski definition) is 5. The molecule has 34 heavy (non-hydrogen) atoms. The van der Waals surface area contributed by atoms with Crippen LogP contribution in [0.2, 0.25) is 0 Å². The molecule has 0 fully saturated rings. The second-order valence-corrected chi connectivity index (χ2v) is 11.9. The number of phosphoric acid groups is 1. The van der Waals surface area contributed by atoms with Crippen LogP contribution in [0, 0.1) is 0 Å². The van der Waals surface area contributed by atoms with Gasteiger partial charge in [0.1, 0.15) is 13.2 Å². The number of nitrogens with zero attached hydrogens (tertiary/aromatic N) is 1. The Morgan fingerprint density at radius 2 is 1.41 bits per heavy atom. The zero-order chi connectivity index (χ0) is 25.9. The van der Waals surface area contributed by atoms with E-state index in [0.717, 1.165) is 51.4 Å². The molecule has 0 radical (unpaired) electrons. The van der Waals surface area contributed by atoms with Gasteiger partial charge in [0.05, 0.1) is 39.9 Å². The van der Waals surface area contributed by atoms with Crippen LogP contribution in [0.25, 0.3) is 0 Å². The summed E-state index contributed by atoms with van der Waals surface area (Å²) < 4.78 is 23.1. The molecule has 0 aliphatic carbocycles. The Bertz CT molecular complexity index is 556. The number of rotatable bonds is 23. The fraction of sp³-hybridized carbons (Fsp3) is 0.960. The van der Waals surface area contributed by atoms with Crippen LogP contribution in [0.4, 0.5) is 0 Å². The van der Waals surface area contributed by atoms with Crippen molar-refractivity contribution in [3.05, 3.63) is 0 Å². The molecule has 0 saturated heterocycles. The summed E-state index contributed by atoms with van der Waals surface area (Å²) in [6, 6.07) is -0.745. The van der Waals surface area contributed by atoms with Gasteiger partial charge in [-0.3, -0.25) is 13.8 Å². The van der Waals surface area contributed by atoms with Gasteiger partial charge in [0.25, 0.3) is 0 Å². The maximum Gasteiger partial charge on any atom is 0.472 e. The second kappa shape index (κ2) is 19.7. The van der Waals surface area contributed by atoms with E-state index in [4.69, 9.17) is 9.05 Å². The third-order valence-corrected chi connectivity index (χ3v) is 6.84. The number of quaternary nitrogens is 1. The fourth-order valence-corrected chi connectivity index (χ4v) is 4.31. The first kappa shape index (κ1) is 33.5. The molecule has 0 bridgehead atoms. The van der Waals surface area contributed by atoms with Gasteiger partial charge in [-0.05, 0) is 12.8 Å². The zero-order valence-corrected chi connectivity index (χ0v) is 23.5. The predicted octanol–water partition coefficient (Wildman–Crippen LogP) is 5.17. The number of nitrogens with one attached hydrogen (secondary N) is 1. The molecule has 1 amide bonds. The monoisotopic (exact) mass is 509 g/mol. The summed E-state index contributed by atoms with van der Waals surface area (Å²) in [7, 11) is 1.61. The van der Waals surface area contributed by atoms with Crippen molar-refractivity contribution in [1.82, 2.24) is 5.32 Å². The topological polar surface area (TPSA) is 105 Å². The molecule has 3 N–H and O–H groups in total. The van der Waals surface area contributed by atoms with Gasteiger partial charge >= 0.3 is 7.82 Å². The van der Waals surface area contributed by atoms with Gasteiger partial charge in [0.15, 0.2) is 0 Å². The number of amides is 1. The number of phosphoric ester groups is 1. The maximum absolute atomic E-state index is 12.5. The number of aliphatic hydroxyl groups is 1. The standard InChI is InChI=1S/C25H53N2O6P/c1-6-8-10-12-13-15-17-19-25(29)26-23(24(28)18-16-14-11-9-7-2)22-33-34(30,31)32-21-20-27(3,4)5/h23-24,28H,6-22H2,1-5H3,(H-,26,29,30,31)/p+1. The van der Waals surface area contributed by atoms with E-state index in [1.54, 1.807) is 0 Å². The van der Waals surface area contributed by atoms with E-state index >= 15 is 0 Å². The molecule has 204 valence electrons. The van der Waals surface area contributed by atoms with Crippen LogP contribution in [-0.4, -0.2) is 73.4 Å². The van der Waals surface area contributed by atoms with Gasteiger partial charge in [-0.25, -0.2) is 4.57 Å². The highest BCUT2D eigenvalue weighted by atomic mass is 31.2. The smallest absolute Gasteiger partial charge is 0.391 e. The lowest BCUT2D eigenvalue weighted by Gasteiger charge is -2.26. The van der Waals surface area contributed by atoms with Gasteiger partial charge in [-0.2, -0.15) is 0 Å². The number of aliphatic hydroxyl groups excluding tert-OH is 1. The van der Waals surface area contributed by atoms with E-state index in [2.05, 4.69) is 19.2 Å². The van der Waals surface area contributed by atoms with Crippen LogP contribution in [-0.2, 0) is 18.4 Å². The Morgan fingerprint density at radius 3 is 1.97 bits per heavy atom. The van der Waals surface area contributed by atoms with E-state index in [1.807, 2.05) is 21.1 Å². The first-order valence-corrected chi connectivity index (χ1v) is 14.9. The number of likely N-dealkylation sites (N-methyl/N-ethyl adjacent to an activating group) is 1. The highest BCUT2D eigenvalue weighted by Crippen LogP contribution is 2.43. The van der Waals surface area contributed by atoms with Crippen molar-refractivity contribution in [2.75, 3.05) is 40.9 Å². The second-order valence-electron chi connectivity index (χ2n) is 10.4. The molecule has 3 atom stereocenters. The third kappa shape index (κ3) is 20.8. The van der Waals surface area contributed by atoms with E-state index in [1.165, 1.54) is 25.7 Å². The quantitative estimate of drug-likeness (QED) is 0.0997. The molecule has 0 rings (SSSR count). The summed E-state index contributed by atoms with van der Waals surface area (Å²) in [6.45, 7) is 4.70. The van der Waals surface area contributed by atoms with Crippen LogP contribution in [0.5, 0.6) is 0 Å². The van der Waals surface area contributed by atoms with Crippen molar-refractivity contribution < 1.29 is 32.9 Å². The summed E-state index contributed by atoms with van der Waals surface area (Å²) in [5.41, 5.74) is 0. The van der Waals surface area contributed by atoms with Crippen molar-refractivity contribution in [1.29, 1.82) is 0 Å². The van der Waals surface area contributed by atoms with Crippen LogP contribution < -0.4 is 5.32 Å². The Labute approximate surface area is 209 Å². The summed E-state index contributed by atoms with van der Waals surface area (Å²) in [5.74, 6) is -0.161. The fourth-order valence-electron chi connectivity index (χ4n) is 3.57. The van der Waals surface area contributed by atoms with E-state index in [-0.39, 0.29) is 19.1 Å². The van der Waals surface area contributed by atoms with Crippen molar-refractivity contribution in [3.63, 3.8) is 0 Å². The average Bonchev–Trinajstić information content (AvgIpc) is 2.74. The lowest BCUT2D eigenvalue weighted by molar-refractivity contribution is -0.870. The van der Waals surface area contributed by atoms with Crippen molar-refractivity contribution in [2.24, 2.45) is 0 Å². The van der Waals surface area contributed by atoms with E-state index in [0.29, 0.717) is 23.9 Å². The number of hydrogen-bond donors (Lipinski definition) is 3. The summed E-state index contributed by atoms with van der Waals surface area (Å²) in [4.78, 5) is 22.5. The first-order valence-electron chi connectivity index (χ1n) is 13.4. The van der Waals surface area contributed by atoms with Crippen LogP contribution in [0.15, 0.2) is 0 Å². The minimum absolute atomic E-state index is 0.0759. The molecule has 0 aliphatic heterocycles. The third-order valence-electron chi connectivity index (χ3n) is 5.86. The Morgan fingerprint density at radius 1 is 0.882 bits per heavy atom. The zero-order valence-electron chi connectivity index (χ0n) is 22.6. The van der Waals surface area contributed by atoms with Gasteiger partial charge < -0.3 is 19.8 Å². The first-order chi connectivity index (χ1) is 16.0. The number of unbranched alkanes of at least 4 members (excludes halogenated alkanes) is 10. The maximum atomic E-state index is 12.5. The van der Waals surface area contributed by atoms with Crippen LogP contribution in [0.3, 0.4) is 0 Å². The van der Waals surface area contributed by atoms with Gasteiger partial charge in [0, 0.05) is 6.42 Å². The molecular weight excluding hydrogens is 455 g/mol. The van der Waals surface area contributed by atoms with Crippen LogP contribution in [0.1, 0.15) is 104 Å². The summed E-state index contributed by atoms with van der Waals surface area (Å²) in [6.07, 6.45) is 13.1. The normalized spacial score (nSPS) is 15.6. The molecule has 0 aromatic heterocycles. The highest BCUT2D eigenvalue weighted by Gasteiger charge is 2.28. The average molecular weight is 510 g/mol.